The van der Waals surface area contributed by atoms with Crippen molar-refractivity contribution in [2.45, 2.75) is 19.3 Å². The molecule has 0 spiro atoms. The lowest BCUT2D eigenvalue weighted by atomic mass is 10.2. The van der Waals surface area contributed by atoms with Gasteiger partial charge in [0.1, 0.15) is 11.5 Å². The monoisotopic (exact) mass is 390 g/mol. The van der Waals surface area contributed by atoms with Crippen molar-refractivity contribution in [3.05, 3.63) is 42.5 Å². The number of hydrogen-bond acceptors (Lipinski definition) is 5. The van der Waals surface area contributed by atoms with Gasteiger partial charge in [-0.1, -0.05) is 6.07 Å². The Morgan fingerprint density at radius 2 is 1.56 bits per heavy atom. The first-order valence-electron chi connectivity index (χ1n) is 8.76. The molecule has 0 fully saturated rings. The molecule has 0 aliphatic carbocycles. The summed E-state index contributed by atoms with van der Waals surface area (Å²) in [6.45, 7) is 1.29. The smallest absolute Gasteiger partial charge is 0.168 e. The lowest BCUT2D eigenvalue weighted by molar-refractivity contribution is 0.278. The number of ether oxygens (including phenoxy) is 4. The predicted octanol–water partition coefficient (Wildman–Crippen LogP) is 3.99. The van der Waals surface area contributed by atoms with E-state index in [0.717, 1.165) is 36.4 Å². The van der Waals surface area contributed by atoms with E-state index in [1.54, 1.807) is 14.2 Å². The Balaban J connectivity index is 1.63. The number of unbranched alkanes of at least 4 members (excludes halogenated alkanes) is 2. The molecule has 146 valence electrons. The van der Waals surface area contributed by atoms with Gasteiger partial charge in [-0.3, -0.25) is 0 Å². The number of methoxy groups -OCH3 is 2. The fraction of sp³-hybridized carbons (Fsp3) is 0.350. The summed E-state index contributed by atoms with van der Waals surface area (Å²) in [5.74, 6) is 2.91. The first-order valence-corrected chi connectivity index (χ1v) is 9.17. The molecule has 0 bridgehead atoms. The van der Waals surface area contributed by atoms with E-state index in [9.17, 15) is 0 Å². The van der Waals surface area contributed by atoms with Crippen LogP contribution >= 0.6 is 12.2 Å². The van der Waals surface area contributed by atoms with Crippen LogP contribution in [-0.2, 0) is 0 Å². The molecule has 0 unspecified atom stereocenters. The number of hydrogen-bond donors (Lipinski definition) is 2. The molecule has 0 radical (unpaired) electrons. The molecule has 0 amide bonds. The van der Waals surface area contributed by atoms with E-state index in [1.807, 2.05) is 42.5 Å². The topological polar surface area (TPSA) is 75.0 Å². The SMILES string of the molecule is COc1ccc(OCCCCCOc2cccc(NC(N)=S)c2)cc1OC. The maximum atomic E-state index is 5.76. The van der Waals surface area contributed by atoms with E-state index in [4.69, 9.17) is 36.9 Å². The number of benzene rings is 2. The Morgan fingerprint density at radius 3 is 2.19 bits per heavy atom. The molecule has 0 aliphatic rings. The van der Waals surface area contributed by atoms with Gasteiger partial charge in [0.05, 0.1) is 27.4 Å². The average molecular weight is 391 g/mol. The van der Waals surface area contributed by atoms with Gasteiger partial charge in [0, 0.05) is 17.8 Å². The van der Waals surface area contributed by atoms with E-state index in [-0.39, 0.29) is 5.11 Å². The molecule has 2 aromatic carbocycles. The van der Waals surface area contributed by atoms with E-state index >= 15 is 0 Å². The van der Waals surface area contributed by atoms with Crippen LogP contribution in [0.5, 0.6) is 23.0 Å². The van der Waals surface area contributed by atoms with Crippen molar-refractivity contribution in [3.8, 4) is 23.0 Å². The second-order valence-corrected chi connectivity index (χ2v) is 6.23. The summed E-state index contributed by atoms with van der Waals surface area (Å²) in [5.41, 5.74) is 6.29. The highest BCUT2D eigenvalue weighted by Crippen LogP contribution is 2.30. The highest BCUT2D eigenvalue weighted by Gasteiger charge is 2.05. The van der Waals surface area contributed by atoms with Crippen molar-refractivity contribution in [2.75, 3.05) is 32.8 Å². The Kier molecular flexibility index (Phi) is 8.51. The Hall–Kier alpha value is -2.67. The molecular weight excluding hydrogens is 364 g/mol. The molecule has 0 heterocycles. The van der Waals surface area contributed by atoms with Crippen LogP contribution in [0.2, 0.25) is 0 Å². The minimum atomic E-state index is 0.238. The van der Waals surface area contributed by atoms with Crippen LogP contribution in [0.3, 0.4) is 0 Å². The van der Waals surface area contributed by atoms with E-state index in [2.05, 4.69) is 5.32 Å². The molecule has 2 aromatic rings. The zero-order chi connectivity index (χ0) is 19.5. The van der Waals surface area contributed by atoms with Gasteiger partial charge in [-0.25, -0.2) is 0 Å². The van der Waals surface area contributed by atoms with Crippen LogP contribution in [0.4, 0.5) is 5.69 Å². The second kappa shape index (κ2) is 11.1. The van der Waals surface area contributed by atoms with Crippen LogP contribution < -0.4 is 30.0 Å². The van der Waals surface area contributed by atoms with Crippen LogP contribution in [0.25, 0.3) is 0 Å². The van der Waals surface area contributed by atoms with Crippen molar-refractivity contribution in [3.63, 3.8) is 0 Å². The lowest BCUT2D eigenvalue weighted by Crippen LogP contribution is -2.18. The van der Waals surface area contributed by atoms with Gasteiger partial charge in [-0.05, 0) is 55.7 Å². The maximum absolute atomic E-state index is 5.76. The van der Waals surface area contributed by atoms with Crippen molar-refractivity contribution in [2.24, 2.45) is 5.73 Å². The molecule has 7 heteroatoms. The third-order valence-electron chi connectivity index (χ3n) is 3.78. The van der Waals surface area contributed by atoms with E-state index < -0.39 is 0 Å². The Bertz CT molecular complexity index is 740. The average Bonchev–Trinajstić information content (AvgIpc) is 2.66. The largest absolute Gasteiger partial charge is 0.494 e. The van der Waals surface area contributed by atoms with Crippen LogP contribution in [0.1, 0.15) is 19.3 Å². The molecular formula is C20H26N2O4S. The lowest BCUT2D eigenvalue weighted by Gasteiger charge is -2.11. The Morgan fingerprint density at radius 1 is 0.889 bits per heavy atom. The van der Waals surface area contributed by atoms with Gasteiger partial charge in [-0.2, -0.15) is 0 Å². The Labute approximate surface area is 165 Å². The first kappa shape index (κ1) is 20.6. The summed E-state index contributed by atoms with van der Waals surface area (Å²) >= 11 is 4.83. The van der Waals surface area contributed by atoms with Gasteiger partial charge in [0.2, 0.25) is 0 Å². The molecule has 0 aliphatic heterocycles. The minimum Gasteiger partial charge on any atom is -0.494 e. The van der Waals surface area contributed by atoms with Gasteiger partial charge in [0.25, 0.3) is 0 Å². The molecule has 0 saturated carbocycles. The third kappa shape index (κ3) is 7.22. The van der Waals surface area contributed by atoms with Crippen molar-refractivity contribution in [1.82, 2.24) is 0 Å². The zero-order valence-corrected chi connectivity index (χ0v) is 16.5. The number of anilines is 1. The summed E-state index contributed by atoms with van der Waals surface area (Å²) in [7, 11) is 3.22. The van der Waals surface area contributed by atoms with Crippen LogP contribution in [0.15, 0.2) is 42.5 Å². The van der Waals surface area contributed by atoms with E-state index in [1.165, 1.54) is 0 Å². The molecule has 0 aromatic heterocycles. The zero-order valence-electron chi connectivity index (χ0n) is 15.7. The van der Waals surface area contributed by atoms with Gasteiger partial charge >= 0.3 is 0 Å². The predicted molar refractivity (Wildman–Crippen MR) is 111 cm³/mol. The quantitative estimate of drug-likeness (QED) is 0.444. The summed E-state index contributed by atoms with van der Waals surface area (Å²) in [4.78, 5) is 0. The van der Waals surface area contributed by atoms with Crippen molar-refractivity contribution >= 4 is 23.0 Å². The number of rotatable bonds is 11. The highest BCUT2D eigenvalue weighted by atomic mass is 32.1. The summed E-state index contributed by atoms with van der Waals surface area (Å²) in [6.07, 6.45) is 2.90. The number of thiocarbonyl (C=S) groups is 1. The number of nitrogens with one attached hydrogen (secondary N) is 1. The molecule has 27 heavy (non-hydrogen) atoms. The maximum Gasteiger partial charge on any atom is 0.168 e. The first-order chi connectivity index (χ1) is 13.1. The fourth-order valence-corrected chi connectivity index (χ4v) is 2.59. The minimum absolute atomic E-state index is 0.238. The molecule has 2 rings (SSSR count). The van der Waals surface area contributed by atoms with Gasteiger partial charge < -0.3 is 30.0 Å². The molecule has 0 atom stereocenters. The normalized spacial score (nSPS) is 10.1. The second-order valence-electron chi connectivity index (χ2n) is 5.79. The summed E-state index contributed by atoms with van der Waals surface area (Å²) in [6, 6.07) is 13.1. The molecule has 0 saturated heterocycles. The standard InChI is InChI=1S/C20H26N2O4S/c1-23-18-10-9-17(14-19(18)24-2)26-12-5-3-4-11-25-16-8-6-7-15(13-16)22-20(21)27/h6-10,13-14H,3-5,11-12H2,1-2H3,(H3,21,22,27). The molecule has 6 nitrogen and oxygen atoms in total. The fourth-order valence-electron chi connectivity index (χ4n) is 2.47. The molecule has 3 N–H and O–H groups in total. The summed E-state index contributed by atoms with van der Waals surface area (Å²) in [5, 5.41) is 3.13. The number of nitrogens with two attached hydrogens (primary N) is 1. The van der Waals surface area contributed by atoms with Crippen LogP contribution in [0, 0.1) is 0 Å². The van der Waals surface area contributed by atoms with Gasteiger partial charge in [0.15, 0.2) is 16.6 Å². The van der Waals surface area contributed by atoms with E-state index in [0.29, 0.717) is 24.7 Å². The van der Waals surface area contributed by atoms with Gasteiger partial charge in [-0.15, -0.1) is 0 Å². The van der Waals surface area contributed by atoms with Crippen molar-refractivity contribution in [1.29, 1.82) is 0 Å². The van der Waals surface area contributed by atoms with Crippen molar-refractivity contribution < 1.29 is 18.9 Å². The third-order valence-corrected chi connectivity index (χ3v) is 3.88. The highest BCUT2D eigenvalue weighted by molar-refractivity contribution is 7.80. The summed E-state index contributed by atoms with van der Waals surface area (Å²) < 4.78 is 22.0. The van der Waals surface area contributed by atoms with Crippen LogP contribution in [-0.4, -0.2) is 32.5 Å².